The van der Waals surface area contributed by atoms with Crippen molar-refractivity contribution in [1.82, 2.24) is 19.7 Å². The number of ether oxygens (including phenoxy) is 1. The zero-order valence-electron chi connectivity index (χ0n) is 14.5. The SMILES string of the molecule is CCOCc1ccc(Nc2ncnc3c2cnn3-c2ccccc2)cc1. The first-order valence-electron chi connectivity index (χ1n) is 8.53. The van der Waals surface area contributed by atoms with E-state index in [0.29, 0.717) is 13.2 Å². The smallest absolute Gasteiger partial charge is 0.168 e. The van der Waals surface area contributed by atoms with Crippen LogP contribution in [0.25, 0.3) is 16.7 Å². The molecule has 1 N–H and O–H groups in total. The van der Waals surface area contributed by atoms with Crippen LogP contribution in [0.2, 0.25) is 0 Å². The Labute approximate surface area is 151 Å². The quantitative estimate of drug-likeness (QED) is 0.570. The largest absolute Gasteiger partial charge is 0.377 e. The van der Waals surface area contributed by atoms with Crippen molar-refractivity contribution in [2.24, 2.45) is 0 Å². The van der Waals surface area contributed by atoms with E-state index in [1.807, 2.05) is 66.2 Å². The van der Waals surface area contributed by atoms with E-state index in [9.17, 15) is 0 Å². The lowest BCUT2D eigenvalue weighted by atomic mass is 10.2. The Morgan fingerprint density at radius 1 is 1.00 bits per heavy atom. The van der Waals surface area contributed by atoms with E-state index in [4.69, 9.17) is 4.74 Å². The molecule has 0 saturated carbocycles. The van der Waals surface area contributed by atoms with Gasteiger partial charge >= 0.3 is 0 Å². The number of rotatable bonds is 6. The lowest BCUT2D eigenvalue weighted by Gasteiger charge is -2.08. The molecule has 0 saturated heterocycles. The summed E-state index contributed by atoms with van der Waals surface area (Å²) < 4.78 is 7.24. The van der Waals surface area contributed by atoms with E-state index in [1.54, 1.807) is 12.5 Å². The van der Waals surface area contributed by atoms with Crippen LogP contribution in [0.15, 0.2) is 67.1 Å². The molecule has 0 bridgehead atoms. The predicted octanol–water partition coefficient (Wildman–Crippen LogP) is 4.10. The maximum atomic E-state index is 5.43. The van der Waals surface area contributed by atoms with Crippen molar-refractivity contribution >= 4 is 22.5 Å². The molecular formula is C20H19N5O. The molecule has 2 aromatic carbocycles. The zero-order chi connectivity index (χ0) is 17.8. The number of aromatic nitrogens is 4. The monoisotopic (exact) mass is 345 g/mol. The minimum atomic E-state index is 0.623. The van der Waals surface area contributed by atoms with Crippen molar-refractivity contribution in [3.8, 4) is 5.69 Å². The molecule has 0 aliphatic carbocycles. The number of nitrogens with zero attached hydrogens (tertiary/aromatic N) is 4. The first-order chi connectivity index (χ1) is 12.8. The molecule has 0 aliphatic heterocycles. The van der Waals surface area contributed by atoms with Crippen LogP contribution < -0.4 is 5.32 Å². The molecule has 2 heterocycles. The van der Waals surface area contributed by atoms with Crippen molar-refractivity contribution in [2.45, 2.75) is 13.5 Å². The van der Waals surface area contributed by atoms with Crippen molar-refractivity contribution in [2.75, 3.05) is 11.9 Å². The van der Waals surface area contributed by atoms with Crippen LogP contribution in [0.4, 0.5) is 11.5 Å². The summed E-state index contributed by atoms with van der Waals surface area (Å²) in [6, 6.07) is 18.1. The summed E-state index contributed by atoms with van der Waals surface area (Å²) in [5, 5.41) is 8.69. The topological polar surface area (TPSA) is 64.9 Å². The number of hydrogen-bond acceptors (Lipinski definition) is 5. The molecule has 0 atom stereocenters. The number of hydrogen-bond donors (Lipinski definition) is 1. The third-order valence-electron chi connectivity index (χ3n) is 4.06. The van der Waals surface area contributed by atoms with Gasteiger partial charge in [-0.05, 0) is 36.8 Å². The molecule has 130 valence electrons. The van der Waals surface area contributed by atoms with Crippen molar-refractivity contribution in [3.63, 3.8) is 0 Å². The number of anilines is 2. The molecule has 4 rings (SSSR count). The van der Waals surface area contributed by atoms with Crippen LogP contribution in [0, 0.1) is 0 Å². The number of nitrogens with one attached hydrogen (secondary N) is 1. The molecule has 6 nitrogen and oxygen atoms in total. The molecule has 0 radical (unpaired) electrons. The molecular weight excluding hydrogens is 326 g/mol. The van der Waals surface area contributed by atoms with Gasteiger partial charge < -0.3 is 10.1 Å². The van der Waals surface area contributed by atoms with Gasteiger partial charge in [-0.1, -0.05) is 30.3 Å². The van der Waals surface area contributed by atoms with E-state index >= 15 is 0 Å². The normalized spacial score (nSPS) is 11.0. The predicted molar refractivity (Wildman–Crippen MR) is 102 cm³/mol. The van der Waals surface area contributed by atoms with E-state index < -0.39 is 0 Å². The maximum Gasteiger partial charge on any atom is 0.168 e. The van der Waals surface area contributed by atoms with Crippen LogP contribution >= 0.6 is 0 Å². The van der Waals surface area contributed by atoms with Gasteiger partial charge in [-0.2, -0.15) is 5.10 Å². The highest BCUT2D eigenvalue weighted by atomic mass is 16.5. The third-order valence-corrected chi connectivity index (χ3v) is 4.06. The molecule has 0 fully saturated rings. The second-order valence-corrected chi connectivity index (χ2v) is 5.81. The van der Waals surface area contributed by atoms with Crippen molar-refractivity contribution in [1.29, 1.82) is 0 Å². The van der Waals surface area contributed by atoms with E-state index in [-0.39, 0.29) is 0 Å². The fourth-order valence-electron chi connectivity index (χ4n) is 2.74. The van der Waals surface area contributed by atoms with Crippen LogP contribution in [0.3, 0.4) is 0 Å². The van der Waals surface area contributed by atoms with E-state index in [2.05, 4.69) is 20.4 Å². The lowest BCUT2D eigenvalue weighted by molar-refractivity contribution is 0.134. The number of fused-ring (bicyclic) bond motifs is 1. The van der Waals surface area contributed by atoms with Gasteiger partial charge in [-0.3, -0.25) is 0 Å². The van der Waals surface area contributed by atoms with Gasteiger partial charge in [0.2, 0.25) is 0 Å². The molecule has 0 unspecified atom stereocenters. The van der Waals surface area contributed by atoms with Crippen LogP contribution in [0.5, 0.6) is 0 Å². The average molecular weight is 345 g/mol. The summed E-state index contributed by atoms with van der Waals surface area (Å²) in [6.45, 7) is 3.33. The second kappa shape index (κ2) is 7.33. The maximum absolute atomic E-state index is 5.43. The van der Waals surface area contributed by atoms with Gasteiger partial charge in [0.15, 0.2) is 5.65 Å². The first kappa shape index (κ1) is 16.2. The van der Waals surface area contributed by atoms with Crippen molar-refractivity contribution < 1.29 is 4.74 Å². The number of para-hydroxylation sites is 1. The highest BCUT2D eigenvalue weighted by molar-refractivity contribution is 5.89. The Balaban J connectivity index is 1.62. The summed E-state index contributed by atoms with van der Waals surface area (Å²) in [6.07, 6.45) is 3.34. The average Bonchev–Trinajstić information content (AvgIpc) is 3.13. The van der Waals surface area contributed by atoms with Gasteiger partial charge in [0, 0.05) is 12.3 Å². The van der Waals surface area contributed by atoms with Gasteiger partial charge in [-0.15, -0.1) is 0 Å². The highest BCUT2D eigenvalue weighted by Crippen LogP contribution is 2.24. The molecule has 0 aliphatic rings. The summed E-state index contributed by atoms with van der Waals surface area (Å²) in [5.41, 5.74) is 3.83. The zero-order valence-corrected chi connectivity index (χ0v) is 14.5. The Kier molecular flexibility index (Phi) is 4.57. The molecule has 4 aromatic rings. The molecule has 0 spiro atoms. The first-order valence-corrected chi connectivity index (χ1v) is 8.53. The molecule has 2 aromatic heterocycles. The van der Waals surface area contributed by atoms with Gasteiger partial charge in [-0.25, -0.2) is 14.6 Å². The Morgan fingerprint density at radius 3 is 2.58 bits per heavy atom. The summed E-state index contributed by atoms with van der Waals surface area (Å²) in [7, 11) is 0. The van der Waals surface area contributed by atoms with Crippen LogP contribution in [-0.4, -0.2) is 26.4 Å². The molecule has 26 heavy (non-hydrogen) atoms. The van der Waals surface area contributed by atoms with Crippen molar-refractivity contribution in [3.05, 3.63) is 72.7 Å². The Bertz CT molecular complexity index is 996. The minimum absolute atomic E-state index is 0.623. The summed E-state index contributed by atoms with van der Waals surface area (Å²) in [5.74, 6) is 0.731. The highest BCUT2D eigenvalue weighted by Gasteiger charge is 2.11. The summed E-state index contributed by atoms with van der Waals surface area (Å²) >= 11 is 0. The van der Waals surface area contributed by atoms with E-state index in [0.717, 1.165) is 33.8 Å². The standard InChI is InChI=1S/C20H19N5O/c1-2-26-13-15-8-10-16(11-9-15)24-19-18-12-23-25(20(18)22-14-21-19)17-6-4-3-5-7-17/h3-12,14H,2,13H2,1H3,(H,21,22,24). The van der Waals surface area contributed by atoms with Crippen LogP contribution in [0.1, 0.15) is 12.5 Å². The lowest BCUT2D eigenvalue weighted by Crippen LogP contribution is -1.99. The Morgan fingerprint density at radius 2 is 1.81 bits per heavy atom. The fourth-order valence-corrected chi connectivity index (χ4v) is 2.74. The molecule has 6 heteroatoms. The summed E-state index contributed by atoms with van der Waals surface area (Å²) in [4.78, 5) is 8.78. The van der Waals surface area contributed by atoms with Gasteiger partial charge in [0.1, 0.15) is 12.1 Å². The van der Waals surface area contributed by atoms with Crippen LogP contribution in [-0.2, 0) is 11.3 Å². The minimum Gasteiger partial charge on any atom is -0.377 e. The van der Waals surface area contributed by atoms with Gasteiger partial charge in [0.25, 0.3) is 0 Å². The second-order valence-electron chi connectivity index (χ2n) is 5.81. The number of benzene rings is 2. The molecule has 0 amide bonds. The third kappa shape index (κ3) is 3.27. The Hall–Kier alpha value is -3.25. The van der Waals surface area contributed by atoms with E-state index in [1.165, 1.54) is 0 Å². The van der Waals surface area contributed by atoms with Gasteiger partial charge in [0.05, 0.1) is 23.9 Å². The fraction of sp³-hybridized carbons (Fsp3) is 0.150.